The van der Waals surface area contributed by atoms with Crippen LogP contribution in [-0.4, -0.2) is 18.1 Å². The molecule has 1 aliphatic heterocycles. The van der Waals surface area contributed by atoms with E-state index < -0.39 is 0 Å². The van der Waals surface area contributed by atoms with Crippen molar-refractivity contribution in [3.05, 3.63) is 35.0 Å². The maximum atomic E-state index is 5.84. The van der Waals surface area contributed by atoms with Gasteiger partial charge in [0.25, 0.3) is 0 Å². The summed E-state index contributed by atoms with van der Waals surface area (Å²) in [5, 5.41) is 0. The highest BCUT2D eigenvalue weighted by Gasteiger charge is 2.22. The molecule has 3 nitrogen and oxygen atoms in total. The second-order valence-electron chi connectivity index (χ2n) is 7.29. The first kappa shape index (κ1) is 16.0. The Morgan fingerprint density at radius 1 is 1.29 bits per heavy atom. The van der Waals surface area contributed by atoms with E-state index in [-0.39, 0.29) is 5.41 Å². The number of aromatic nitrogens is 1. The summed E-state index contributed by atoms with van der Waals surface area (Å²) in [5.41, 5.74) is 9.98. The van der Waals surface area contributed by atoms with Gasteiger partial charge in [0.2, 0.25) is 0 Å². The van der Waals surface area contributed by atoms with Crippen molar-refractivity contribution in [2.75, 3.05) is 18.0 Å². The summed E-state index contributed by atoms with van der Waals surface area (Å²) in [6.45, 7) is 13.8. The average Bonchev–Trinajstić information content (AvgIpc) is 2.46. The van der Waals surface area contributed by atoms with E-state index in [2.05, 4.69) is 57.7 Å². The highest BCUT2D eigenvalue weighted by atomic mass is 15.2. The second-order valence-corrected chi connectivity index (χ2v) is 7.29. The van der Waals surface area contributed by atoms with Crippen molar-refractivity contribution in [3.63, 3.8) is 0 Å². The molecule has 0 unspecified atom stereocenters. The van der Waals surface area contributed by atoms with Gasteiger partial charge in [0, 0.05) is 25.3 Å². The quantitative estimate of drug-likeness (QED) is 0.859. The van der Waals surface area contributed by atoms with E-state index in [9.17, 15) is 0 Å². The zero-order valence-corrected chi connectivity index (χ0v) is 14.1. The first-order chi connectivity index (χ1) is 9.81. The predicted molar refractivity (Wildman–Crippen MR) is 90.6 cm³/mol. The summed E-state index contributed by atoms with van der Waals surface area (Å²) in [5.74, 6) is 1.51. The Labute approximate surface area is 129 Å². The number of rotatable bonds is 3. The van der Waals surface area contributed by atoms with Gasteiger partial charge in [-0.2, -0.15) is 0 Å². The molecule has 2 rings (SSSR count). The van der Waals surface area contributed by atoms with Crippen LogP contribution in [0.25, 0.3) is 0 Å². The van der Waals surface area contributed by atoms with E-state index in [1.807, 2.05) is 0 Å². The Morgan fingerprint density at radius 3 is 2.48 bits per heavy atom. The smallest absolute Gasteiger partial charge is 0.129 e. The van der Waals surface area contributed by atoms with Gasteiger partial charge in [-0.1, -0.05) is 46.3 Å². The minimum atomic E-state index is 0.279. The summed E-state index contributed by atoms with van der Waals surface area (Å²) in [4.78, 5) is 7.19. The molecule has 0 atom stereocenters. The Balaban J connectivity index is 2.24. The third-order valence-corrected chi connectivity index (χ3v) is 4.22. The fourth-order valence-electron chi connectivity index (χ4n) is 2.73. The Hall–Kier alpha value is -1.35. The molecule has 1 aromatic rings. The lowest BCUT2D eigenvalue weighted by Gasteiger charge is -2.33. The van der Waals surface area contributed by atoms with Crippen molar-refractivity contribution >= 4 is 5.82 Å². The van der Waals surface area contributed by atoms with Crippen LogP contribution >= 0.6 is 0 Å². The molecule has 3 heteroatoms. The van der Waals surface area contributed by atoms with E-state index >= 15 is 0 Å². The Kier molecular flexibility index (Phi) is 4.72. The molecule has 2 heterocycles. The molecule has 0 saturated heterocycles. The van der Waals surface area contributed by atoms with Crippen LogP contribution in [0, 0.1) is 5.41 Å². The molecule has 0 aliphatic carbocycles. The van der Waals surface area contributed by atoms with E-state index in [1.54, 1.807) is 5.57 Å². The van der Waals surface area contributed by atoms with Crippen LogP contribution in [0.4, 0.5) is 5.82 Å². The number of nitrogens with two attached hydrogens (primary N) is 1. The molecule has 1 aromatic heterocycles. The highest BCUT2D eigenvalue weighted by molar-refractivity contribution is 5.45. The van der Waals surface area contributed by atoms with Crippen LogP contribution in [0.3, 0.4) is 0 Å². The molecule has 1 aliphatic rings. The molecule has 116 valence electrons. The molecular weight excluding hydrogens is 258 g/mol. The number of anilines is 1. The number of hydrogen-bond donors (Lipinski definition) is 1. The fourth-order valence-corrected chi connectivity index (χ4v) is 2.73. The SMILES string of the molecule is CC(C)c1cc(CN)cc(N2CC=C(C(C)(C)C)CC2)n1. The monoisotopic (exact) mass is 287 g/mol. The maximum Gasteiger partial charge on any atom is 0.129 e. The van der Waals surface area contributed by atoms with Gasteiger partial charge in [0.15, 0.2) is 0 Å². The standard InChI is InChI=1S/C18H29N3/c1-13(2)16-10-14(12-19)11-17(20-16)21-8-6-15(7-9-21)18(3,4)5/h6,10-11,13H,7-9,12,19H2,1-5H3. The van der Waals surface area contributed by atoms with Crippen molar-refractivity contribution in [1.29, 1.82) is 0 Å². The molecule has 0 saturated carbocycles. The first-order valence-corrected chi connectivity index (χ1v) is 7.96. The van der Waals surface area contributed by atoms with E-state index in [4.69, 9.17) is 10.7 Å². The lowest BCUT2D eigenvalue weighted by Crippen LogP contribution is -2.32. The topological polar surface area (TPSA) is 42.1 Å². The van der Waals surface area contributed by atoms with Gasteiger partial charge < -0.3 is 10.6 Å². The molecule has 0 amide bonds. The summed E-state index contributed by atoms with van der Waals surface area (Å²) in [6, 6.07) is 4.27. The molecule has 0 bridgehead atoms. The zero-order valence-electron chi connectivity index (χ0n) is 14.1. The predicted octanol–water partition coefficient (Wildman–Crippen LogP) is 3.85. The van der Waals surface area contributed by atoms with E-state index in [0.29, 0.717) is 12.5 Å². The zero-order chi connectivity index (χ0) is 15.6. The summed E-state index contributed by atoms with van der Waals surface area (Å²) in [6.07, 6.45) is 3.49. The molecular formula is C18H29N3. The minimum absolute atomic E-state index is 0.279. The average molecular weight is 287 g/mol. The number of pyridine rings is 1. The second kappa shape index (κ2) is 6.18. The summed E-state index contributed by atoms with van der Waals surface area (Å²) in [7, 11) is 0. The van der Waals surface area contributed by atoms with Gasteiger partial charge in [0.1, 0.15) is 5.82 Å². The van der Waals surface area contributed by atoms with Gasteiger partial charge in [-0.15, -0.1) is 0 Å². The van der Waals surface area contributed by atoms with Crippen LogP contribution in [0.15, 0.2) is 23.8 Å². The van der Waals surface area contributed by atoms with Crippen molar-refractivity contribution in [3.8, 4) is 0 Å². The number of nitrogens with zero attached hydrogens (tertiary/aromatic N) is 2. The van der Waals surface area contributed by atoms with Gasteiger partial charge in [0.05, 0.1) is 0 Å². The van der Waals surface area contributed by atoms with Crippen LogP contribution < -0.4 is 10.6 Å². The molecule has 0 spiro atoms. The van der Waals surface area contributed by atoms with Crippen LogP contribution in [0.5, 0.6) is 0 Å². The Bertz CT molecular complexity index is 524. The van der Waals surface area contributed by atoms with Crippen molar-refractivity contribution in [2.24, 2.45) is 11.1 Å². The molecule has 2 N–H and O–H groups in total. The van der Waals surface area contributed by atoms with E-state index in [0.717, 1.165) is 31.0 Å². The van der Waals surface area contributed by atoms with Crippen LogP contribution in [-0.2, 0) is 6.54 Å². The van der Waals surface area contributed by atoms with Gasteiger partial charge in [-0.3, -0.25) is 0 Å². The maximum absolute atomic E-state index is 5.84. The summed E-state index contributed by atoms with van der Waals surface area (Å²) >= 11 is 0. The third kappa shape index (κ3) is 3.85. The molecule has 0 aromatic carbocycles. The molecule has 21 heavy (non-hydrogen) atoms. The number of hydrogen-bond acceptors (Lipinski definition) is 3. The van der Waals surface area contributed by atoms with Crippen molar-refractivity contribution < 1.29 is 0 Å². The highest BCUT2D eigenvalue weighted by Crippen LogP contribution is 2.31. The van der Waals surface area contributed by atoms with Crippen LogP contribution in [0.1, 0.15) is 58.2 Å². The lowest BCUT2D eigenvalue weighted by atomic mass is 9.83. The van der Waals surface area contributed by atoms with Crippen molar-refractivity contribution in [2.45, 2.75) is 53.5 Å². The van der Waals surface area contributed by atoms with Gasteiger partial charge in [-0.05, 0) is 35.4 Å². The first-order valence-electron chi connectivity index (χ1n) is 7.96. The third-order valence-electron chi connectivity index (χ3n) is 4.22. The normalized spacial score (nSPS) is 16.3. The van der Waals surface area contributed by atoms with E-state index in [1.165, 1.54) is 5.56 Å². The van der Waals surface area contributed by atoms with Crippen LogP contribution in [0.2, 0.25) is 0 Å². The Morgan fingerprint density at radius 2 is 2.00 bits per heavy atom. The largest absolute Gasteiger partial charge is 0.353 e. The van der Waals surface area contributed by atoms with Gasteiger partial charge >= 0.3 is 0 Å². The summed E-state index contributed by atoms with van der Waals surface area (Å²) < 4.78 is 0. The fraction of sp³-hybridized carbons (Fsp3) is 0.611. The lowest BCUT2D eigenvalue weighted by molar-refractivity contribution is 0.472. The minimum Gasteiger partial charge on any atom is -0.353 e. The molecule has 0 fully saturated rings. The van der Waals surface area contributed by atoms with Gasteiger partial charge in [-0.25, -0.2) is 4.98 Å². The van der Waals surface area contributed by atoms with Crippen molar-refractivity contribution in [1.82, 2.24) is 4.98 Å². The molecule has 0 radical (unpaired) electrons.